The molecule has 0 amide bonds. The molecule has 2 fully saturated rings. The van der Waals surface area contributed by atoms with Crippen LogP contribution in [0.25, 0.3) is 0 Å². The minimum atomic E-state index is -3.40. The number of ether oxygens (including phenoxy) is 1. The minimum absolute atomic E-state index is 0.0922. The van der Waals surface area contributed by atoms with E-state index in [9.17, 15) is 8.42 Å². The fourth-order valence-corrected chi connectivity index (χ4v) is 7.19. The van der Waals surface area contributed by atoms with Crippen molar-refractivity contribution in [3.8, 4) is 5.75 Å². The second-order valence-electron chi connectivity index (χ2n) is 8.44. The molecule has 0 radical (unpaired) electrons. The number of benzene rings is 1. The Morgan fingerprint density at radius 3 is 2.60 bits per heavy atom. The Bertz CT molecular complexity index is 980. The largest absolute Gasteiger partial charge is 0.489 e. The maximum Gasteiger partial charge on any atom is 0.252 e. The van der Waals surface area contributed by atoms with Crippen LogP contribution in [0.5, 0.6) is 5.75 Å². The van der Waals surface area contributed by atoms with Gasteiger partial charge in [0.2, 0.25) is 0 Å². The van der Waals surface area contributed by atoms with E-state index >= 15 is 0 Å². The third kappa shape index (κ3) is 4.86. The molecule has 2 aliphatic rings. The van der Waals surface area contributed by atoms with Gasteiger partial charge in [0.05, 0.1) is 11.1 Å². The van der Waals surface area contributed by atoms with Crippen molar-refractivity contribution in [2.45, 2.75) is 49.5 Å². The highest BCUT2D eigenvalue weighted by Crippen LogP contribution is 2.37. The number of aryl methyl sites for hydroxylation is 1. The van der Waals surface area contributed by atoms with Crippen LogP contribution in [0, 0.1) is 12.8 Å². The van der Waals surface area contributed by atoms with Gasteiger partial charge in [-0.05, 0) is 75.4 Å². The SMILES string of the molecule is Cc1ccc(S(=O)(=O)N(C)CC2CC(Oc3cccc(CN4CCCC4)c3Cl)C2)s1. The van der Waals surface area contributed by atoms with Crippen LogP contribution in [0.4, 0.5) is 0 Å². The van der Waals surface area contributed by atoms with Crippen LogP contribution >= 0.6 is 22.9 Å². The normalized spacial score (nSPS) is 22.4. The summed E-state index contributed by atoms with van der Waals surface area (Å²) in [5.41, 5.74) is 1.11. The topological polar surface area (TPSA) is 49.9 Å². The average Bonchev–Trinajstić information content (AvgIpc) is 3.34. The molecule has 8 heteroatoms. The molecule has 1 saturated carbocycles. The maximum atomic E-state index is 12.7. The highest BCUT2D eigenvalue weighted by atomic mass is 35.5. The zero-order valence-electron chi connectivity index (χ0n) is 17.5. The van der Waals surface area contributed by atoms with Crippen molar-refractivity contribution in [1.29, 1.82) is 0 Å². The van der Waals surface area contributed by atoms with Crippen molar-refractivity contribution in [2.24, 2.45) is 5.92 Å². The van der Waals surface area contributed by atoms with Crippen molar-refractivity contribution in [2.75, 3.05) is 26.7 Å². The molecular formula is C22H29ClN2O3S2. The fourth-order valence-electron chi connectivity index (χ4n) is 4.22. The summed E-state index contributed by atoms with van der Waals surface area (Å²) >= 11 is 7.94. The Morgan fingerprint density at radius 1 is 1.20 bits per heavy atom. The lowest BCUT2D eigenvalue weighted by Gasteiger charge is -2.37. The van der Waals surface area contributed by atoms with Gasteiger partial charge in [0.25, 0.3) is 10.0 Å². The highest BCUT2D eigenvalue weighted by molar-refractivity contribution is 7.91. The fraction of sp³-hybridized carbons (Fsp3) is 0.545. The van der Waals surface area contributed by atoms with E-state index in [1.54, 1.807) is 13.1 Å². The summed E-state index contributed by atoms with van der Waals surface area (Å²) in [5.74, 6) is 1.05. The molecule has 0 spiro atoms. The number of hydrogen-bond donors (Lipinski definition) is 0. The smallest absolute Gasteiger partial charge is 0.252 e. The molecule has 1 aliphatic carbocycles. The zero-order chi connectivity index (χ0) is 21.3. The first kappa shape index (κ1) is 22.1. The molecule has 5 nitrogen and oxygen atoms in total. The third-order valence-electron chi connectivity index (χ3n) is 6.02. The van der Waals surface area contributed by atoms with Crippen molar-refractivity contribution < 1.29 is 13.2 Å². The van der Waals surface area contributed by atoms with Crippen LogP contribution < -0.4 is 4.74 Å². The zero-order valence-corrected chi connectivity index (χ0v) is 19.9. The predicted molar refractivity (Wildman–Crippen MR) is 122 cm³/mol. The molecule has 0 bridgehead atoms. The number of rotatable bonds is 8. The molecule has 1 aromatic heterocycles. The summed E-state index contributed by atoms with van der Waals surface area (Å²) in [5, 5.41) is 0.709. The Labute approximate surface area is 188 Å². The van der Waals surface area contributed by atoms with Gasteiger partial charge < -0.3 is 4.74 Å². The van der Waals surface area contributed by atoms with Crippen LogP contribution in [0.15, 0.2) is 34.5 Å². The Morgan fingerprint density at radius 2 is 1.93 bits per heavy atom. The van der Waals surface area contributed by atoms with Gasteiger partial charge in [-0.1, -0.05) is 23.7 Å². The van der Waals surface area contributed by atoms with E-state index in [1.807, 2.05) is 25.1 Å². The molecular weight excluding hydrogens is 440 g/mol. The summed E-state index contributed by atoms with van der Waals surface area (Å²) in [6, 6.07) is 9.55. The highest BCUT2D eigenvalue weighted by Gasteiger charge is 2.35. The van der Waals surface area contributed by atoms with Gasteiger partial charge in [0.1, 0.15) is 9.96 Å². The number of nitrogens with zero attached hydrogens (tertiary/aromatic N) is 2. The van der Waals surface area contributed by atoms with Crippen molar-refractivity contribution in [3.05, 3.63) is 45.8 Å². The molecule has 2 aromatic rings. The minimum Gasteiger partial charge on any atom is -0.489 e. The molecule has 1 aromatic carbocycles. The predicted octanol–water partition coefficient (Wildman–Crippen LogP) is 4.78. The first-order valence-corrected chi connectivity index (χ1v) is 13.2. The second-order valence-corrected chi connectivity index (χ2v) is 12.4. The average molecular weight is 469 g/mol. The monoisotopic (exact) mass is 468 g/mol. The number of hydrogen-bond acceptors (Lipinski definition) is 5. The molecule has 0 N–H and O–H groups in total. The molecule has 4 rings (SSSR count). The van der Waals surface area contributed by atoms with Gasteiger partial charge in [-0.2, -0.15) is 4.31 Å². The van der Waals surface area contributed by atoms with Gasteiger partial charge >= 0.3 is 0 Å². The van der Waals surface area contributed by atoms with Crippen LogP contribution in [0.2, 0.25) is 5.02 Å². The summed E-state index contributed by atoms with van der Waals surface area (Å²) < 4.78 is 33.4. The summed E-state index contributed by atoms with van der Waals surface area (Å²) in [6.45, 7) is 5.57. The first-order valence-electron chi connectivity index (χ1n) is 10.5. The van der Waals surface area contributed by atoms with Crippen molar-refractivity contribution >= 4 is 33.0 Å². The van der Waals surface area contributed by atoms with Gasteiger partial charge in [0.15, 0.2) is 0 Å². The number of halogens is 1. The summed E-state index contributed by atoms with van der Waals surface area (Å²) in [6.07, 6.45) is 4.29. The molecule has 0 atom stereocenters. The first-order chi connectivity index (χ1) is 14.3. The molecule has 164 valence electrons. The molecule has 30 heavy (non-hydrogen) atoms. The quantitative estimate of drug-likeness (QED) is 0.559. The molecule has 1 saturated heterocycles. The van der Waals surface area contributed by atoms with E-state index in [1.165, 1.54) is 28.5 Å². The lowest BCUT2D eigenvalue weighted by molar-refractivity contribution is 0.0575. The van der Waals surface area contributed by atoms with E-state index in [2.05, 4.69) is 11.0 Å². The Balaban J connectivity index is 1.30. The number of likely N-dealkylation sites (tertiary alicyclic amines) is 1. The molecule has 0 unspecified atom stereocenters. The van der Waals surface area contributed by atoms with Crippen LogP contribution in [-0.4, -0.2) is 50.4 Å². The van der Waals surface area contributed by atoms with Crippen molar-refractivity contribution in [3.63, 3.8) is 0 Å². The van der Waals surface area contributed by atoms with Gasteiger partial charge in [0, 0.05) is 25.0 Å². The van der Waals surface area contributed by atoms with E-state index in [-0.39, 0.29) is 6.10 Å². The Hall–Kier alpha value is -1.12. The third-order valence-corrected chi connectivity index (χ3v) is 9.74. The summed E-state index contributed by atoms with van der Waals surface area (Å²) in [4.78, 5) is 3.43. The van der Waals surface area contributed by atoms with Crippen LogP contribution in [0.1, 0.15) is 36.1 Å². The Kier molecular flexibility index (Phi) is 6.75. The van der Waals surface area contributed by atoms with E-state index in [0.29, 0.717) is 21.7 Å². The van der Waals surface area contributed by atoms with Gasteiger partial charge in [-0.15, -0.1) is 11.3 Å². The van der Waals surface area contributed by atoms with Crippen LogP contribution in [0.3, 0.4) is 0 Å². The van der Waals surface area contributed by atoms with E-state index in [4.69, 9.17) is 16.3 Å². The summed E-state index contributed by atoms with van der Waals surface area (Å²) in [7, 11) is -1.74. The van der Waals surface area contributed by atoms with Crippen LogP contribution in [-0.2, 0) is 16.6 Å². The maximum absolute atomic E-state index is 12.7. The lowest BCUT2D eigenvalue weighted by atomic mass is 9.82. The van der Waals surface area contributed by atoms with E-state index in [0.717, 1.165) is 48.7 Å². The standard InChI is InChI=1S/C22H29ClN2O3S2/c1-16-8-9-21(29-16)30(26,27)24(2)14-17-12-19(13-17)28-20-7-5-6-18(22(20)23)15-25-10-3-4-11-25/h5-9,17,19H,3-4,10-15H2,1-2H3. The van der Waals surface area contributed by atoms with Gasteiger partial charge in [-0.3, -0.25) is 4.90 Å². The number of thiophene rings is 1. The lowest BCUT2D eigenvalue weighted by Crippen LogP contribution is -2.41. The van der Waals surface area contributed by atoms with Gasteiger partial charge in [-0.25, -0.2) is 8.42 Å². The molecule has 1 aliphatic heterocycles. The number of sulfonamides is 1. The van der Waals surface area contributed by atoms with E-state index < -0.39 is 10.0 Å². The molecule has 2 heterocycles. The van der Waals surface area contributed by atoms with Crippen molar-refractivity contribution in [1.82, 2.24) is 9.21 Å². The second kappa shape index (κ2) is 9.17.